The van der Waals surface area contributed by atoms with Gasteiger partial charge in [-0.3, -0.25) is 0 Å². The lowest BCUT2D eigenvalue weighted by Gasteiger charge is -2.12. The number of urea groups is 1. The van der Waals surface area contributed by atoms with Gasteiger partial charge in [0.05, 0.1) is 6.10 Å². The van der Waals surface area contributed by atoms with Gasteiger partial charge in [-0.25, -0.2) is 4.79 Å². The molecule has 2 N–H and O–H groups in total. The first-order valence-electron chi connectivity index (χ1n) is 8.03. The summed E-state index contributed by atoms with van der Waals surface area (Å²) < 4.78 is 11.0. The molecule has 0 atom stereocenters. The number of amides is 2. The second-order valence-corrected chi connectivity index (χ2v) is 5.64. The number of anilines is 1. The van der Waals surface area contributed by atoms with E-state index in [1.165, 1.54) is 0 Å². The van der Waals surface area contributed by atoms with Crippen molar-refractivity contribution in [2.75, 3.05) is 11.9 Å². The van der Waals surface area contributed by atoms with Gasteiger partial charge in [0.25, 0.3) is 0 Å². The Bertz CT molecular complexity index is 751. The van der Waals surface area contributed by atoms with Crippen molar-refractivity contribution in [3.63, 3.8) is 0 Å². The van der Waals surface area contributed by atoms with Gasteiger partial charge in [-0.05, 0) is 43.7 Å². The Balaban J connectivity index is 1.87. The van der Waals surface area contributed by atoms with Gasteiger partial charge >= 0.3 is 6.03 Å². The topological polar surface area (TPSA) is 59.6 Å². The smallest absolute Gasteiger partial charge is 0.319 e. The number of rotatable bonds is 7. The van der Waals surface area contributed by atoms with Crippen molar-refractivity contribution < 1.29 is 14.3 Å². The Morgan fingerprint density at radius 2 is 1.92 bits per heavy atom. The number of ether oxygens (including phenoxy) is 2. The quantitative estimate of drug-likeness (QED) is 0.755. The molecular formula is C20H22N2O3. The Labute approximate surface area is 148 Å². The number of carbonyl (C=O) groups excluding carboxylic acids is 1. The average molecular weight is 338 g/mol. The van der Waals surface area contributed by atoms with Crippen LogP contribution in [0.1, 0.15) is 19.4 Å². The van der Waals surface area contributed by atoms with Crippen LogP contribution in [0.15, 0.2) is 48.5 Å². The van der Waals surface area contributed by atoms with E-state index in [-0.39, 0.29) is 18.7 Å². The first-order valence-corrected chi connectivity index (χ1v) is 8.03. The van der Waals surface area contributed by atoms with Crippen molar-refractivity contribution in [2.24, 2.45) is 0 Å². The van der Waals surface area contributed by atoms with E-state index in [0.717, 1.165) is 11.3 Å². The second kappa shape index (κ2) is 9.24. The van der Waals surface area contributed by atoms with Crippen LogP contribution in [0.3, 0.4) is 0 Å². The minimum Gasteiger partial charge on any atom is -0.491 e. The molecule has 2 amide bonds. The van der Waals surface area contributed by atoms with Crippen LogP contribution in [0.25, 0.3) is 0 Å². The molecule has 0 aliphatic carbocycles. The van der Waals surface area contributed by atoms with Gasteiger partial charge in [0, 0.05) is 18.3 Å². The summed E-state index contributed by atoms with van der Waals surface area (Å²) >= 11 is 0. The summed E-state index contributed by atoms with van der Waals surface area (Å²) in [5, 5.41) is 5.57. The summed E-state index contributed by atoms with van der Waals surface area (Å²) in [7, 11) is 0. The van der Waals surface area contributed by atoms with Crippen LogP contribution in [0.4, 0.5) is 10.5 Å². The summed E-state index contributed by atoms with van der Waals surface area (Å²) in [6, 6.07) is 14.4. The molecule has 0 fully saturated rings. The van der Waals surface area contributed by atoms with Crippen molar-refractivity contribution in [1.29, 1.82) is 0 Å². The minimum atomic E-state index is -0.302. The molecule has 0 saturated carbocycles. The molecule has 130 valence electrons. The number of nitrogens with one attached hydrogen (secondary N) is 2. The highest BCUT2D eigenvalue weighted by molar-refractivity contribution is 5.89. The Morgan fingerprint density at radius 1 is 1.16 bits per heavy atom. The highest BCUT2D eigenvalue weighted by Gasteiger charge is 2.04. The van der Waals surface area contributed by atoms with E-state index >= 15 is 0 Å². The van der Waals surface area contributed by atoms with Crippen molar-refractivity contribution in [2.45, 2.75) is 26.5 Å². The van der Waals surface area contributed by atoms with E-state index in [2.05, 4.69) is 16.6 Å². The molecule has 0 aliphatic rings. The fourth-order valence-electron chi connectivity index (χ4n) is 2.15. The molecule has 0 heterocycles. The summed E-state index contributed by atoms with van der Waals surface area (Å²) in [6.07, 6.45) is 5.27. The van der Waals surface area contributed by atoms with Crippen LogP contribution in [-0.4, -0.2) is 18.7 Å². The largest absolute Gasteiger partial charge is 0.491 e. The van der Waals surface area contributed by atoms with E-state index in [9.17, 15) is 4.79 Å². The molecule has 2 aromatic carbocycles. The first-order chi connectivity index (χ1) is 12.1. The highest BCUT2D eigenvalue weighted by Crippen LogP contribution is 2.17. The van der Waals surface area contributed by atoms with E-state index in [1.807, 2.05) is 38.1 Å². The molecule has 0 saturated heterocycles. The van der Waals surface area contributed by atoms with Gasteiger partial charge in [0.1, 0.15) is 18.1 Å². The number of hydrogen-bond donors (Lipinski definition) is 2. The van der Waals surface area contributed by atoms with Gasteiger partial charge in [0.15, 0.2) is 0 Å². The zero-order chi connectivity index (χ0) is 18.1. The molecule has 2 rings (SSSR count). The van der Waals surface area contributed by atoms with Crippen LogP contribution in [-0.2, 0) is 6.54 Å². The average Bonchev–Trinajstić information content (AvgIpc) is 2.58. The lowest BCUT2D eigenvalue weighted by molar-refractivity contribution is 0.242. The molecule has 0 spiro atoms. The van der Waals surface area contributed by atoms with Crippen LogP contribution >= 0.6 is 0 Å². The van der Waals surface area contributed by atoms with E-state index < -0.39 is 0 Å². The standard InChI is InChI=1S/C20H22N2O3/c1-4-11-24-18-9-6-8-17(13-18)22-20(23)21-14-16-7-5-10-19(12-16)25-15(2)3/h1,5-10,12-13,15H,11,14H2,2-3H3,(H2,21,22,23). The molecule has 0 aliphatic heterocycles. The molecule has 5 nitrogen and oxygen atoms in total. The second-order valence-electron chi connectivity index (χ2n) is 5.64. The van der Waals surface area contributed by atoms with Crippen LogP contribution in [0, 0.1) is 12.3 Å². The lowest BCUT2D eigenvalue weighted by atomic mass is 10.2. The van der Waals surface area contributed by atoms with Gasteiger partial charge in [-0.15, -0.1) is 6.42 Å². The third-order valence-electron chi connectivity index (χ3n) is 3.14. The van der Waals surface area contributed by atoms with Crippen molar-refractivity contribution in [3.8, 4) is 23.8 Å². The Kier molecular flexibility index (Phi) is 6.73. The lowest BCUT2D eigenvalue weighted by Crippen LogP contribution is -2.28. The van der Waals surface area contributed by atoms with Crippen molar-refractivity contribution in [1.82, 2.24) is 5.32 Å². The van der Waals surface area contributed by atoms with E-state index in [4.69, 9.17) is 15.9 Å². The van der Waals surface area contributed by atoms with Crippen molar-refractivity contribution >= 4 is 11.7 Å². The number of hydrogen-bond acceptors (Lipinski definition) is 3. The number of benzene rings is 2. The van der Waals surface area contributed by atoms with E-state index in [0.29, 0.717) is 18.0 Å². The minimum absolute atomic E-state index is 0.107. The maximum absolute atomic E-state index is 12.0. The molecule has 0 unspecified atom stereocenters. The molecule has 0 aromatic heterocycles. The predicted octanol–water partition coefficient (Wildman–Crippen LogP) is 3.81. The fourth-order valence-corrected chi connectivity index (χ4v) is 2.15. The fraction of sp³-hybridized carbons (Fsp3) is 0.250. The van der Waals surface area contributed by atoms with Gasteiger partial charge < -0.3 is 20.1 Å². The summed E-state index contributed by atoms with van der Waals surface area (Å²) in [4.78, 5) is 12.0. The Hall–Kier alpha value is -3.13. The van der Waals surface area contributed by atoms with E-state index in [1.54, 1.807) is 24.3 Å². The summed E-state index contributed by atoms with van der Waals surface area (Å²) in [6.45, 7) is 4.53. The maximum Gasteiger partial charge on any atom is 0.319 e. The molecule has 2 aromatic rings. The maximum atomic E-state index is 12.0. The first kappa shape index (κ1) is 18.2. The van der Waals surface area contributed by atoms with Crippen LogP contribution in [0.2, 0.25) is 0 Å². The highest BCUT2D eigenvalue weighted by atomic mass is 16.5. The molecule has 0 radical (unpaired) electrons. The van der Waals surface area contributed by atoms with Crippen molar-refractivity contribution in [3.05, 3.63) is 54.1 Å². The zero-order valence-electron chi connectivity index (χ0n) is 14.4. The predicted molar refractivity (Wildman–Crippen MR) is 98.8 cm³/mol. The zero-order valence-corrected chi connectivity index (χ0v) is 14.4. The summed E-state index contributed by atoms with van der Waals surface area (Å²) in [5.41, 5.74) is 1.59. The normalized spacial score (nSPS) is 10.0. The molecule has 0 bridgehead atoms. The third-order valence-corrected chi connectivity index (χ3v) is 3.14. The number of terminal acetylenes is 1. The molecule has 25 heavy (non-hydrogen) atoms. The monoisotopic (exact) mass is 338 g/mol. The van der Waals surface area contributed by atoms with Gasteiger partial charge in [-0.2, -0.15) is 0 Å². The molecular weight excluding hydrogens is 316 g/mol. The Morgan fingerprint density at radius 3 is 2.68 bits per heavy atom. The molecule has 5 heteroatoms. The van der Waals surface area contributed by atoms with Crippen LogP contribution < -0.4 is 20.1 Å². The van der Waals surface area contributed by atoms with Gasteiger partial charge in [0.2, 0.25) is 0 Å². The van der Waals surface area contributed by atoms with Crippen LogP contribution in [0.5, 0.6) is 11.5 Å². The summed E-state index contributed by atoms with van der Waals surface area (Å²) in [5.74, 6) is 3.79. The SMILES string of the molecule is C#CCOc1cccc(NC(=O)NCc2cccc(OC(C)C)c2)c1. The van der Waals surface area contributed by atoms with Gasteiger partial charge in [-0.1, -0.05) is 24.1 Å². The number of carbonyl (C=O) groups is 1. The third kappa shape index (κ3) is 6.48.